The van der Waals surface area contributed by atoms with Gasteiger partial charge in [0.25, 0.3) is 0 Å². The van der Waals surface area contributed by atoms with Gasteiger partial charge in [0.1, 0.15) is 65.9 Å². The van der Waals surface area contributed by atoms with Crippen molar-refractivity contribution in [3.63, 3.8) is 0 Å². The Hall–Kier alpha value is -11.5. The second-order valence-corrected chi connectivity index (χ2v) is 46.4. The molecular weight excluding hydrogens is 1940 g/mol. The summed E-state index contributed by atoms with van der Waals surface area (Å²) in [5.41, 5.74) is 8.89. The van der Waals surface area contributed by atoms with Gasteiger partial charge in [-0.15, -0.1) is 0 Å². The maximum atomic E-state index is 14.1. The summed E-state index contributed by atoms with van der Waals surface area (Å²) in [4.78, 5) is 124. The fourth-order valence-corrected chi connectivity index (χ4v) is 27.4. The van der Waals surface area contributed by atoms with E-state index in [-0.39, 0.29) is 91.5 Å². The maximum absolute atomic E-state index is 14.1. The molecule has 5 aromatic heterocycles. The Kier molecular flexibility index (Phi) is 33.9. The van der Waals surface area contributed by atoms with Gasteiger partial charge in [0, 0.05) is 257 Å². The number of amides is 5. The van der Waals surface area contributed by atoms with E-state index in [1.54, 1.807) is 67.0 Å². The van der Waals surface area contributed by atoms with Gasteiger partial charge < -0.3 is 79.3 Å². The number of nitrogens with zero attached hydrogens (tertiary/aromatic N) is 18. The van der Waals surface area contributed by atoms with Crippen LogP contribution in [0.5, 0.6) is 0 Å². The first-order valence-electron chi connectivity index (χ1n) is 50.4. The van der Waals surface area contributed by atoms with Gasteiger partial charge in [-0.05, 0) is 150 Å². The number of likely N-dealkylation sites (tertiary alicyclic amines) is 4. The van der Waals surface area contributed by atoms with Crippen molar-refractivity contribution in [3.05, 3.63) is 171 Å². The molecule has 40 heteroatoms. The normalized spacial score (nSPS) is 23.0. The number of ether oxygens (including phenoxy) is 2. The zero-order valence-electron chi connectivity index (χ0n) is 84.1. The molecule has 0 saturated carbocycles. The van der Waals surface area contributed by atoms with Crippen molar-refractivity contribution in [2.24, 2.45) is 0 Å². The molecule has 0 aliphatic carbocycles. The number of piperidine rings is 8. The molecule has 146 heavy (non-hydrogen) atoms. The fraction of sp³-hybridized carbons (Fsp3) is 0.547. The molecule has 0 spiro atoms. The van der Waals surface area contributed by atoms with Crippen LogP contribution in [0.4, 0.5) is 55.8 Å². The number of carbonyl (C=O) groups is 5. The van der Waals surface area contributed by atoms with E-state index in [9.17, 15) is 49.6 Å². The Balaban J connectivity index is 0.000000139. The minimum atomic E-state index is -1.13. The van der Waals surface area contributed by atoms with E-state index in [1.165, 1.54) is 17.7 Å². The predicted molar refractivity (Wildman–Crippen MR) is 565 cm³/mol. The predicted octanol–water partition coefficient (Wildman–Crippen LogP) is 12.5. The van der Waals surface area contributed by atoms with Crippen LogP contribution in [0.1, 0.15) is 193 Å². The maximum Gasteiger partial charge on any atom is 0.227 e. The van der Waals surface area contributed by atoms with Gasteiger partial charge in [0.15, 0.2) is 5.89 Å². The van der Waals surface area contributed by atoms with Crippen LogP contribution in [0.2, 0.25) is 0 Å². The number of oxazole rings is 1. The lowest BCUT2D eigenvalue weighted by molar-refractivity contribution is -0.132. The molecule has 21 rings (SSSR count). The Morgan fingerprint density at radius 3 is 1.05 bits per heavy atom. The molecular formula is C106H140F2N22O12S4. The molecule has 4 N–H and O–H groups in total. The summed E-state index contributed by atoms with van der Waals surface area (Å²) in [6.07, 6.45) is 13.9. The number of halogens is 2. The van der Waals surface area contributed by atoms with Gasteiger partial charge in [-0.25, -0.2) is 33.7 Å². The summed E-state index contributed by atoms with van der Waals surface area (Å²) in [6, 6.07) is 31.1. The van der Waals surface area contributed by atoms with Gasteiger partial charge >= 0.3 is 0 Å². The van der Waals surface area contributed by atoms with Gasteiger partial charge in [0.2, 0.25) is 53.3 Å². The molecule has 8 fully saturated rings. The van der Waals surface area contributed by atoms with Crippen molar-refractivity contribution in [2.45, 2.75) is 237 Å². The van der Waals surface area contributed by atoms with Crippen molar-refractivity contribution in [2.75, 3.05) is 198 Å². The number of aromatic nitrogens is 9. The molecule has 12 aliphatic heterocycles. The van der Waals surface area contributed by atoms with Crippen LogP contribution < -0.4 is 40.9 Å². The van der Waals surface area contributed by atoms with Crippen molar-refractivity contribution < 1.29 is 63.5 Å². The monoisotopic (exact) mass is 2080 g/mol. The Bertz CT molecular complexity index is 6160. The molecule has 9 aromatic rings. The van der Waals surface area contributed by atoms with E-state index in [0.717, 1.165) is 155 Å². The number of rotatable bonds is 21. The van der Waals surface area contributed by atoms with Gasteiger partial charge in [-0.1, -0.05) is 87.6 Å². The third kappa shape index (κ3) is 23.6. The van der Waals surface area contributed by atoms with Crippen molar-refractivity contribution in [3.8, 4) is 11.3 Å². The van der Waals surface area contributed by atoms with Crippen LogP contribution in [0.3, 0.4) is 0 Å². The molecule has 5 amide bonds. The molecule has 4 aromatic carbocycles. The minimum Gasteiger partial charge on any atom is -0.445 e. The third-order valence-corrected chi connectivity index (χ3v) is 36.5. The standard InChI is InChI=1S/C27H32N6O3S.C27H36N6O3S.2C25H32FN5O3S.2CH4/c1-17-23(18-6-4-3-5-7-18)30-26(36-17)19-10-13-33(14-11-19)27-29-21-12-15-37(35)24(21)25(31-27)28-20-8-9-22(34)32(2)16-20;1-19(34)32(3)18-27(20-7-5-4-6-8-20)12-14-33(15-13-27)26-29-22-11-16-37(36)24(22)25(30-26)28-21-9-10-23(35)31(2)17-21;2*1-16-12-17(14-18(26)13-16)25(34-3)7-9-31(10-8-25)24-28-20-6-11-35(33)22(20)23(29-24)27-19-4-5-21(32)30(2)15-19;;/h3-7,19-20H,8-16H2,1-2H3,(H,28,29,31);4-8,21H,9-18H2,1-3H3,(H,28,29,30);2*12-14,19H,4-11,15H2,1-3H3,(H,27,28,29);2*1H4/t20-,37?;21-,37?;2*19-,35?;;/m0000../s1. The van der Waals surface area contributed by atoms with Gasteiger partial charge in [0.05, 0.1) is 77.2 Å². The smallest absolute Gasteiger partial charge is 0.227 e. The molecule has 4 unspecified atom stereocenters. The van der Waals surface area contributed by atoms with Gasteiger partial charge in [-0.3, -0.25) is 40.8 Å². The lowest BCUT2D eigenvalue weighted by Crippen LogP contribution is -2.49. The Morgan fingerprint density at radius 1 is 0.425 bits per heavy atom. The summed E-state index contributed by atoms with van der Waals surface area (Å²) in [7, 11) is 8.03. The number of nitrogens with one attached hydrogen (secondary N) is 4. The van der Waals surface area contributed by atoms with Crippen LogP contribution in [0.15, 0.2) is 121 Å². The highest BCUT2D eigenvalue weighted by molar-refractivity contribution is 7.86. The topological polar surface area (TPSA) is 379 Å². The number of aryl methyl sites for hydroxylation is 7. The average Bonchev–Trinajstić information content (AvgIpc) is 1.51. The fourth-order valence-electron chi connectivity index (χ4n) is 22.2. The molecule has 784 valence electrons. The molecule has 34 nitrogen and oxygen atoms in total. The summed E-state index contributed by atoms with van der Waals surface area (Å²) in [5, 5.41) is 14.0. The summed E-state index contributed by atoms with van der Waals surface area (Å²) < 4.78 is 97.4. The first-order chi connectivity index (χ1) is 69.3. The zero-order valence-corrected chi connectivity index (χ0v) is 87.4. The summed E-state index contributed by atoms with van der Waals surface area (Å²) in [6.45, 7) is 16.2. The highest BCUT2D eigenvalue weighted by atomic mass is 32.2. The van der Waals surface area contributed by atoms with Crippen LogP contribution in [0.25, 0.3) is 11.3 Å². The summed E-state index contributed by atoms with van der Waals surface area (Å²) in [5.74, 6) is 9.49. The van der Waals surface area contributed by atoms with E-state index in [4.69, 9.17) is 58.7 Å². The molecule has 12 aliphatic rings. The van der Waals surface area contributed by atoms with E-state index in [2.05, 4.69) is 77.3 Å². The van der Waals surface area contributed by atoms with E-state index in [1.807, 2.05) is 83.2 Å². The number of hydrogen-bond donors (Lipinski definition) is 4. The molecule has 8 atom stereocenters. The number of benzene rings is 4. The highest BCUT2D eigenvalue weighted by Crippen LogP contribution is 2.46. The molecule has 8 saturated heterocycles. The van der Waals surface area contributed by atoms with E-state index < -0.39 is 54.4 Å². The number of methoxy groups -OCH3 is 2. The van der Waals surface area contributed by atoms with Crippen molar-refractivity contribution >= 4 is 120 Å². The third-order valence-electron chi connectivity index (χ3n) is 30.7. The first-order valence-corrected chi connectivity index (χ1v) is 55.7. The van der Waals surface area contributed by atoms with Crippen LogP contribution in [-0.4, -0.2) is 297 Å². The second-order valence-electron chi connectivity index (χ2n) is 40.4. The Labute approximate surface area is 865 Å². The van der Waals surface area contributed by atoms with Crippen molar-refractivity contribution in [1.82, 2.24) is 69.4 Å². The average molecular weight is 2080 g/mol. The highest BCUT2D eigenvalue weighted by Gasteiger charge is 2.45. The molecule has 0 radical (unpaired) electrons. The van der Waals surface area contributed by atoms with Gasteiger partial charge in [-0.2, -0.15) is 19.9 Å². The van der Waals surface area contributed by atoms with Crippen molar-refractivity contribution in [1.29, 1.82) is 0 Å². The largest absolute Gasteiger partial charge is 0.445 e. The van der Waals surface area contributed by atoms with Crippen LogP contribution in [0, 0.1) is 32.4 Å². The number of carbonyl (C=O) groups excluding carboxylic acids is 5. The summed E-state index contributed by atoms with van der Waals surface area (Å²) >= 11 is 0. The lowest BCUT2D eigenvalue weighted by Gasteiger charge is -2.44. The number of anilines is 8. The molecule has 17 heterocycles. The zero-order chi connectivity index (χ0) is 101. The lowest BCUT2D eigenvalue weighted by atomic mass is 9.72. The number of fused-ring (bicyclic) bond motifs is 4. The quantitative estimate of drug-likeness (QED) is 0.0519. The van der Waals surface area contributed by atoms with E-state index >= 15 is 0 Å². The molecule has 0 bridgehead atoms. The Morgan fingerprint density at radius 2 is 0.740 bits per heavy atom. The van der Waals surface area contributed by atoms with Crippen LogP contribution >= 0.6 is 0 Å². The second kappa shape index (κ2) is 46.1. The first kappa shape index (κ1) is 107. The van der Waals surface area contributed by atoms with E-state index in [0.29, 0.717) is 216 Å². The SMILES string of the molecule is C.C.CC(=O)N(C)CC1(c2ccccc2)CCN(c2nc3c(c(N[C@H]4CCC(=O)N(C)C4)n2)S(=O)CC3)CC1.COC1(c2cc(C)cc(F)c2)CCN(c2nc3c(c(N[C@H]4CCC(=O)N(C)C4)n2)S(=O)CC3)CC1.COC1(c2cc(C)cc(F)c2)CCN(c2nc3c(c(N[C@H]4CCC(=O)N(C)C4)n2)S(=O)CC3)CC1.Cc1oc(C2CCN(c3nc4c(c(N[C@H]5CCC(=O)N(C)C5)n3)S(=O)CC4)CC2)nc1-c1ccccc1. The number of likely N-dealkylation sites (N-methyl/N-ethyl adjacent to an activating group) is 5. The minimum absolute atomic E-state index is 0. The van der Waals surface area contributed by atoms with Crippen LogP contribution in [-0.2, 0) is 119 Å². The number of hydrogen-bond acceptors (Lipinski definition) is 29.